The van der Waals surface area contributed by atoms with Gasteiger partial charge in [0, 0.05) is 17.6 Å². The summed E-state index contributed by atoms with van der Waals surface area (Å²) >= 11 is 0. The summed E-state index contributed by atoms with van der Waals surface area (Å²) < 4.78 is 4.84. The molecule has 3 nitrogen and oxygen atoms in total. The Hall–Kier alpha value is -1.22. The molecule has 0 N–H and O–H groups in total. The van der Waals surface area contributed by atoms with Crippen molar-refractivity contribution in [2.75, 3.05) is 6.61 Å². The van der Waals surface area contributed by atoms with Gasteiger partial charge >= 0.3 is 0 Å². The van der Waals surface area contributed by atoms with Crippen LogP contribution in [-0.2, 0) is 14.3 Å². The summed E-state index contributed by atoms with van der Waals surface area (Å²) in [7, 11) is 0. The number of hydrogen-bond acceptors (Lipinski definition) is 3. The molecule has 0 aromatic heterocycles. The molecule has 0 spiro atoms. The minimum absolute atomic E-state index is 0.0969. The fourth-order valence-corrected chi connectivity index (χ4v) is 1.25. The summed E-state index contributed by atoms with van der Waals surface area (Å²) in [6, 6.07) is 0. The Morgan fingerprint density at radius 1 is 1.17 bits per heavy atom. The molecule has 3 heteroatoms. The zero-order chi connectivity index (χ0) is 8.55. The van der Waals surface area contributed by atoms with Crippen LogP contribution in [0.5, 0.6) is 0 Å². The van der Waals surface area contributed by atoms with Crippen molar-refractivity contribution in [1.82, 2.24) is 0 Å². The third-order valence-corrected chi connectivity index (χ3v) is 1.91. The quantitative estimate of drug-likeness (QED) is 0.486. The Balaban J connectivity index is 2.43. The van der Waals surface area contributed by atoms with Crippen LogP contribution >= 0.6 is 0 Å². The summed E-state index contributed by atoms with van der Waals surface area (Å²) in [5.41, 5.74) is 1.02. The van der Waals surface area contributed by atoms with E-state index in [9.17, 15) is 9.59 Å². The molecule has 0 aromatic carbocycles. The number of ketones is 2. The van der Waals surface area contributed by atoms with Gasteiger partial charge in [-0.05, 0) is 12.2 Å². The molecule has 2 radical (unpaired) electrons. The van der Waals surface area contributed by atoms with Gasteiger partial charge in [-0.25, -0.2) is 0 Å². The van der Waals surface area contributed by atoms with Gasteiger partial charge in [-0.2, -0.15) is 0 Å². The average molecular weight is 162 g/mol. The van der Waals surface area contributed by atoms with Crippen LogP contribution in [0.3, 0.4) is 0 Å². The number of ether oxygens (including phenoxy) is 1. The smallest absolute Gasteiger partial charge is 0.184 e. The van der Waals surface area contributed by atoms with Crippen molar-refractivity contribution in [2.24, 2.45) is 0 Å². The van der Waals surface area contributed by atoms with E-state index in [1.54, 1.807) is 0 Å². The molecular formula is C9H6O3. The summed E-state index contributed by atoms with van der Waals surface area (Å²) in [6.07, 6.45) is 2.91. The molecule has 2 aliphatic rings. The lowest BCUT2D eigenvalue weighted by Crippen LogP contribution is -2.21. The maximum Gasteiger partial charge on any atom is 0.184 e. The zero-order valence-electron chi connectivity index (χ0n) is 6.29. The standard InChI is InChI=1S/C9H6O3/c10-8-1-2-9(11)7-5-12-4-3-6(7)8/h1-2H,3,5H2. The molecule has 0 fully saturated rings. The molecule has 0 bridgehead atoms. The van der Waals surface area contributed by atoms with Gasteiger partial charge in [0.15, 0.2) is 11.6 Å². The lowest BCUT2D eigenvalue weighted by atomic mass is 9.92. The van der Waals surface area contributed by atoms with E-state index in [0.29, 0.717) is 17.6 Å². The lowest BCUT2D eigenvalue weighted by molar-refractivity contribution is -0.116. The highest BCUT2D eigenvalue weighted by Gasteiger charge is 2.25. The fraction of sp³-hybridized carbons (Fsp3) is 0.222. The van der Waals surface area contributed by atoms with Crippen molar-refractivity contribution in [3.05, 3.63) is 29.9 Å². The minimum atomic E-state index is -0.119. The van der Waals surface area contributed by atoms with Crippen molar-refractivity contribution >= 4 is 11.6 Å². The van der Waals surface area contributed by atoms with Crippen LogP contribution in [0.1, 0.15) is 6.42 Å². The van der Waals surface area contributed by atoms with Gasteiger partial charge in [0.25, 0.3) is 0 Å². The van der Waals surface area contributed by atoms with Crippen LogP contribution in [0.4, 0.5) is 0 Å². The van der Waals surface area contributed by atoms with Crippen molar-refractivity contribution in [3.63, 3.8) is 0 Å². The van der Waals surface area contributed by atoms with Crippen molar-refractivity contribution < 1.29 is 14.3 Å². The van der Waals surface area contributed by atoms with E-state index in [4.69, 9.17) is 4.74 Å². The van der Waals surface area contributed by atoms with Gasteiger partial charge in [0.1, 0.15) is 6.61 Å². The summed E-state index contributed by atoms with van der Waals surface area (Å²) in [5.74, 6) is -0.216. The Morgan fingerprint density at radius 3 is 2.50 bits per heavy atom. The monoisotopic (exact) mass is 162 g/mol. The normalized spacial score (nSPS) is 23.0. The van der Waals surface area contributed by atoms with Crippen LogP contribution in [0, 0.1) is 6.61 Å². The molecule has 2 rings (SSSR count). The third kappa shape index (κ3) is 1.02. The first-order valence-corrected chi connectivity index (χ1v) is 3.62. The van der Waals surface area contributed by atoms with E-state index in [-0.39, 0.29) is 18.2 Å². The molecule has 1 heterocycles. The molecule has 0 saturated heterocycles. The summed E-state index contributed by atoms with van der Waals surface area (Å²) in [6.45, 7) is 2.75. The number of rotatable bonds is 0. The average Bonchev–Trinajstić information content (AvgIpc) is 2.12. The molecule has 0 unspecified atom stereocenters. The maximum atomic E-state index is 11.2. The Morgan fingerprint density at radius 2 is 1.83 bits per heavy atom. The molecule has 12 heavy (non-hydrogen) atoms. The molecule has 0 atom stereocenters. The fourth-order valence-electron chi connectivity index (χ4n) is 1.25. The van der Waals surface area contributed by atoms with E-state index >= 15 is 0 Å². The van der Waals surface area contributed by atoms with E-state index < -0.39 is 0 Å². The van der Waals surface area contributed by atoms with Crippen LogP contribution < -0.4 is 0 Å². The van der Waals surface area contributed by atoms with Crippen molar-refractivity contribution in [3.8, 4) is 0 Å². The van der Waals surface area contributed by atoms with Gasteiger partial charge < -0.3 is 4.74 Å². The van der Waals surface area contributed by atoms with Crippen LogP contribution in [0.2, 0.25) is 0 Å². The SMILES string of the molecule is O=C1C=CC(=O)C2=C1C[C]OC2. The van der Waals surface area contributed by atoms with Gasteiger partial charge in [-0.15, -0.1) is 0 Å². The number of carbonyl (C=O) groups excluding carboxylic acids is 2. The molecular weight excluding hydrogens is 156 g/mol. The highest BCUT2D eigenvalue weighted by molar-refractivity contribution is 6.20. The van der Waals surface area contributed by atoms with E-state index in [1.165, 1.54) is 12.2 Å². The van der Waals surface area contributed by atoms with Crippen LogP contribution in [-0.4, -0.2) is 18.2 Å². The maximum absolute atomic E-state index is 11.2. The molecule has 1 aliphatic heterocycles. The van der Waals surface area contributed by atoms with Gasteiger partial charge in [0.2, 0.25) is 0 Å². The molecule has 0 aromatic rings. The van der Waals surface area contributed by atoms with Gasteiger partial charge in [-0.1, -0.05) is 0 Å². The summed E-state index contributed by atoms with van der Waals surface area (Å²) in [5, 5.41) is 0. The Kier molecular flexibility index (Phi) is 1.66. The predicted molar refractivity (Wildman–Crippen MR) is 40.0 cm³/mol. The first-order valence-electron chi connectivity index (χ1n) is 3.62. The number of allylic oxidation sites excluding steroid dienone is 2. The first-order chi connectivity index (χ1) is 5.79. The molecule has 0 saturated carbocycles. The number of carbonyl (C=O) groups is 2. The van der Waals surface area contributed by atoms with Crippen molar-refractivity contribution in [2.45, 2.75) is 6.42 Å². The Bertz CT molecular complexity index is 280. The second-order valence-electron chi connectivity index (χ2n) is 2.63. The molecule has 1 aliphatic carbocycles. The molecule has 60 valence electrons. The number of hydrogen-bond donors (Lipinski definition) is 0. The van der Waals surface area contributed by atoms with E-state index in [2.05, 4.69) is 6.61 Å². The minimum Gasteiger partial charge on any atom is -0.363 e. The second kappa shape index (κ2) is 2.68. The first kappa shape index (κ1) is 7.43. The Labute approximate surface area is 69.7 Å². The highest BCUT2D eigenvalue weighted by Crippen LogP contribution is 2.23. The lowest BCUT2D eigenvalue weighted by Gasteiger charge is -2.18. The van der Waals surface area contributed by atoms with Gasteiger partial charge in [-0.3, -0.25) is 9.59 Å². The zero-order valence-corrected chi connectivity index (χ0v) is 6.29. The third-order valence-electron chi connectivity index (χ3n) is 1.91. The van der Waals surface area contributed by atoms with Crippen LogP contribution in [0.15, 0.2) is 23.3 Å². The largest absolute Gasteiger partial charge is 0.363 e. The predicted octanol–water partition coefficient (Wildman–Crippen LogP) is 0.450. The topological polar surface area (TPSA) is 43.4 Å². The van der Waals surface area contributed by atoms with Crippen LogP contribution in [0.25, 0.3) is 0 Å². The highest BCUT2D eigenvalue weighted by atomic mass is 16.5. The van der Waals surface area contributed by atoms with Gasteiger partial charge in [0.05, 0.1) is 6.61 Å². The molecule has 0 amide bonds. The summed E-state index contributed by atoms with van der Waals surface area (Å²) in [4.78, 5) is 22.4. The van der Waals surface area contributed by atoms with E-state index in [1.807, 2.05) is 0 Å². The van der Waals surface area contributed by atoms with Crippen molar-refractivity contribution in [1.29, 1.82) is 0 Å². The van der Waals surface area contributed by atoms with E-state index in [0.717, 1.165) is 0 Å². The second-order valence-corrected chi connectivity index (χ2v) is 2.63.